The molecule has 0 atom stereocenters. The fourth-order valence-electron chi connectivity index (χ4n) is 2.45. The molecule has 0 aliphatic carbocycles. The van der Waals surface area contributed by atoms with Gasteiger partial charge >= 0.3 is 0 Å². The number of aromatic hydroxyl groups is 1. The van der Waals surface area contributed by atoms with Crippen LogP contribution < -0.4 is 0 Å². The Morgan fingerprint density at radius 1 is 1.29 bits per heavy atom. The van der Waals surface area contributed by atoms with Crippen LogP contribution in [0.1, 0.15) is 5.56 Å². The topological polar surface area (TPSA) is 87.2 Å². The number of carbonyl (C=O) groups is 3. The van der Waals surface area contributed by atoms with Gasteiger partial charge in [-0.1, -0.05) is 12.1 Å². The highest BCUT2D eigenvalue weighted by Gasteiger charge is 2.37. The molecule has 0 spiro atoms. The molecule has 3 amide bonds. The zero-order chi connectivity index (χ0) is 17.1. The summed E-state index contributed by atoms with van der Waals surface area (Å²) in [6.07, 6.45) is 1.53. The third-order valence-electron chi connectivity index (χ3n) is 3.70. The van der Waals surface area contributed by atoms with Crippen molar-refractivity contribution in [3.8, 4) is 5.75 Å². The second-order valence-electron chi connectivity index (χ2n) is 5.36. The summed E-state index contributed by atoms with van der Waals surface area (Å²) in [6.45, 7) is 1.60. The lowest BCUT2D eigenvalue weighted by Crippen LogP contribution is -2.46. The first-order valence-corrected chi connectivity index (χ1v) is 8.26. The molecule has 1 N–H and O–H groups in total. The van der Waals surface area contributed by atoms with Crippen LogP contribution in [0.25, 0.3) is 6.08 Å². The summed E-state index contributed by atoms with van der Waals surface area (Å²) in [4.78, 5) is 39.4. The lowest BCUT2D eigenvalue weighted by molar-refractivity contribution is -0.139. The summed E-state index contributed by atoms with van der Waals surface area (Å²) in [6, 6.07) is 6.37. The van der Waals surface area contributed by atoms with Crippen molar-refractivity contribution in [1.29, 1.82) is 0 Å². The van der Waals surface area contributed by atoms with Gasteiger partial charge < -0.3 is 14.7 Å². The van der Waals surface area contributed by atoms with Gasteiger partial charge in [0.25, 0.3) is 11.1 Å². The zero-order valence-corrected chi connectivity index (χ0v) is 13.6. The van der Waals surface area contributed by atoms with E-state index in [0.29, 0.717) is 31.9 Å². The molecule has 2 heterocycles. The third-order valence-corrected chi connectivity index (χ3v) is 4.61. The van der Waals surface area contributed by atoms with E-state index in [2.05, 4.69) is 0 Å². The number of morpholine rings is 1. The molecule has 0 aromatic heterocycles. The number of nitrogens with zero attached hydrogens (tertiary/aromatic N) is 2. The van der Waals surface area contributed by atoms with Crippen molar-refractivity contribution in [2.24, 2.45) is 0 Å². The number of thioether (sulfide) groups is 1. The fraction of sp³-hybridized carbons (Fsp3) is 0.312. The van der Waals surface area contributed by atoms with E-state index >= 15 is 0 Å². The number of imide groups is 1. The molecule has 1 aromatic rings. The number of phenolic OH excluding ortho intramolecular Hbond substituents is 1. The first kappa shape index (κ1) is 16.5. The summed E-state index contributed by atoms with van der Waals surface area (Å²) >= 11 is 0.793. The highest BCUT2D eigenvalue weighted by atomic mass is 32.2. The predicted molar refractivity (Wildman–Crippen MR) is 88.2 cm³/mol. The number of phenols is 1. The van der Waals surface area contributed by atoms with Crippen molar-refractivity contribution in [2.45, 2.75) is 0 Å². The molecule has 1 aromatic carbocycles. The fourth-order valence-corrected chi connectivity index (χ4v) is 3.29. The largest absolute Gasteiger partial charge is 0.508 e. The van der Waals surface area contributed by atoms with Gasteiger partial charge in [-0.05, 0) is 35.5 Å². The Balaban J connectivity index is 1.71. The quantitative estimate of drug-likeness (QED) is 0.828. The second-order valence-corrected chi connectivity index (χ2v) is 6.35. The van der Waals surface area contributed by atoms with Gasteiger partial charge in [-0.15, -0.1) is 0 Å². The molecule has 0 bridgehead atoms. The van der Waals surface area contributed by atoms with Crippen LogP contribution >= 0.6 is 11.8 Å². The van der Waals surface area contributed by atoms with Gasteiger partial charge in [0, 0.05) is 13.1 Å². The molecule has 24 heavy (non-hydrogen) atoms. The number of ether oxygens (including phenoxy) is 1. The van der Waals surface area contributed by atoms with Crippen LogP contribution in [-0.2, 0) is 14.3 Å². The zero-order valence-electron chi connectivity index (χ0n) is 12.8. The van der Waals surface area contributed by atoms with Gasteiger partial charge in [-0.2, -0.15) is 0 Å². The van der Waals surface area contributed by atoms with E-state index in [4.69, 9.17) is 4.74 Å². The van der Waals surface area contributed by atoms with Crippen molar-refractivity contribution in [1.82, 2.24) is 9.80 Å². The number of amides is 3. The molecular formula is C16H16N2O5S. The minimum absolute atomic E-state index is 0.0745. The molecule has 0 saturated carbocycles. The molecular weight excluding hydrogens is 332 g/mol. The Labute approximate surface area is 142 Å². The van der Waals surface area contributed by atoms with Crippen LogP contribution in [0.4, 0.5) is 4.79 Å². The Hall–Kier alpha value is -2.32. The lowest BCUT2D eigenvalue weighted by atomic mass is 10.2. The molecule has 2 saturated heterocycles. The molecule has 2 fully saturated rings. The Morgan fingerprint density at radius 3 is 2.75 bits per heavy atom. The van der Waals surface area contributed by atoms with Crippen LogP contribution in [-0.4, -0.2) is 64.8 Å². The van der Waals surface area contributed by atoms with E-state index in [1.165, 1.54) is 18.2 Å². The first-order valence-electron chi connectivity index (χ1n) is 7.44. The van der Waals surface area contributed by atoms with Crippen molar-refractivity contribution in [3.63, 3.8) is 0 Å². The minimum Gasteiger partial charge on any atom is -0.508 e. The Morgan fingerprint density at radius 2 is 2.04 bits per heavy atom. The van der Waals surface area contributed by atoms with Crippen LogP contribution in [0.5, 0.6) is 5.75 Å². The first-order chi connectivity index (χ1) is 11.5. The maximum absolute atomic E-state index is 12.4. The van der Waals surface area contributed by atoms with Crippen LogP contribution in [0.3, 0.4) is 0 Å². The normalized spacial score (nSPS) is 20.1. The summed E-state index contributed by atoms with van der Waals surface area (Å²) < 4.78 is 5.18. The summed E-state index contributed by atoms with van der Waals surface area (Å²) in [5.74, 6) is -0.681. The summed E-state index contributed by atoms with van der Waals surface area (Å²) in [5, 5.41) is 9.00. The van der Waals surface area contributed by atoms with E-state index in [1.807, 2.05) is 0 Å². The molecule has 0 unspecified atom stereocenters. The van der Waals surface area contributed by atoms with Gasteiger partial charge in [0.15, 0.2) is 0 Å². The lowest BCUT2D eigenvalue weighted by Gasteiger charge is -2.28. The molecule has 2 aliphatic heterocycles. The van der Waals surface area contributed by atoms with Crippen molar-refractivity contribution >= 4 is 34.9 Å². The average Bonchev–Trinajstić information content (AvgIpc) is 2.83. The van der Waals surface area contributed by atoms with E-state index in [0.717, 1.165) is 16.7 Å². The van der Waals surface area contributed by atoms with Crippen molar-refractivity contribution < 1.29 is 24.2 Å². The number of rotatable bonds is 3. The number of carbonyl (C=O) groups excluding carboxylic acids is 3. The van der Waals surface area contributed by atoms with Crippen molar-refractivity contribution in [3.05, 3.63) is 34.7 Å². The molecule has 8 heteroatoms. The number of benzene rings is 1. The average molecular weight is 348 g/mol. The van der Waals surface area contributed by atoms with Gasteiger partial charge in [-0.3, -0.25) is 19.3 Å². The highest BCUT2D eigenvalue weighted by molar-refractivity contribution is 8.18. The molecule has 3 rings (SSSR count). The smallest absolute Gasteiger partial charge is 0.294 e. The summed E-state index contributed by atoms with van der Waals surface area (Å²) in [7, 11) is 0. The van der Waals surface area contributed by atoms with E-state index < -0.39 is 11.1 Å². The molecule has 126 valence electrons. The molecule has 7 nitrogen and oxygen atoms in total. The van der Waals surface area contributed by atoms with Gasteiger partial charge in [0.2, 0.25) is 5.91 Å². The van der Waals surface area contributed by atoms with Crippen molar-refractivity contribution in [2.75, 3.05) is 32.8 Å². The van der Waals surface area contributed by atoms with Gasteiger partial charge in [0.05, 0.1) is 18.1 Å². The molecule has 2 aliphatic rings. The van der Waals surface area contributed by atoms with E-state index in [1.54, 1.807) is 17.0 Å². The number of hydrogen-bond donors (Lipinski definition) is 1. The van der Waals surface area contributed by atoms with Gasteiger partial charge in [-0.25, -0.2) is 0 Å². The Kier molecular flexibility index (Phi) is 4.86. The van der Waals surface area contributed by atoms with Gasteiger partial charge in [0.1, 0.15) is 12.3 Å². The third kappa shape index (κ3) is 3.60. The van der Waals surface area contributed by atoms with E-state index in [9.17, 15) is 19.5 Å². The monoisotopic (exact) mass is 348 g/mol. The standard InChI is InChI=1S/C16H16N2O5S/c19-12-3-1-2-11(8-12)9-13-15(21)18(16(22)24-13)10-14(20)17-4-6-23-7-5-17/h1-3,8-9,19H,4-7,10H2. The second kappa shape index (κ2) is 7.06. The molecule has 0 radical (unpaired) electrons. The Bertz CT molecular complexity index is 712. The number of hydrogen-bond acceptors (Lipinski definition) is 6. The maximum Gasteiger partial charge on any atom is 0.294 e. The van der Waals surface area contributed by atoms with Crippen LogP contribution in [0.15, 0.2) is 29.2 Å². The van der Waals surface area contributed by atoms with E-state index in [-0.39, 0.29) is 23.1 Å². The predicted octanol–water partition coefficient (Wildman–Crippen LogP) is 1.29. The minimum atomic E-state index is -0.491. The highest BCUT2D eigenvalue weighted by Crippen LogP contribution is 2.32. The summed E-state index contributed by atoms with van der Waals surface area (Å²) in [5.41, 5.74) is 0.611. The van der Waals surface area contributed by atoms with Crippen LogP contribution in [0, 0.1) is 0 Å². The maximum atomic E-state index is 12.4. The van der Waals surface area contributed by atoms with Crippen LogP contribution in [0.2, 0.25) is 0 Å². The SMILES string of the molecule is O=C(CN1C(=O)SC(=Cc2cccc(O)c2)C1=O)N1CCOCC1.